The van der Waals surface area contributed by atoms with Crippen LogP contribution in [-0.4, -0.2) is 11.5 Å². The molecule has 0 aliphatic carbocycles. The van der Waals surface area contributed by atoms with Gasteiger partial charge in [-0.05, 0) is 25.0 Å². The zero-order valence-electron chi connectivity index (χ0n) is 12.9. The van der Waals surface area contributed by atoms with Crippen LogP contribution in [0.15, 0.2) is 42.5 Å². The van der Waals surface area contributed by atoms with Gasteiger partial charge in [0.05, 0.1) is 17.1 Å². The number of nitrogens with zero attached hydrogens (tertiary/aromatic N) is 1. The van der Waals surface area contributed by atoms with Gasteiger partial charge in [-0.2, -0.15) is 0 Å². The molecule has 0 saturated carbocycles. The number of ether oxygens (including phenoxy) is 1. The minimum atomic E-state index is -0.363. The zero-order valence-corrected chi connectivity index (χ0v) is 12.9. The normalized spacial score (nSPS) is 25.3. The largest absolute Gasteiger partial charge is 0.378 e. The van der Waals surface area contributed by atoms with E-state index in [0.717, 1.165) is 24.3 Å². The molecule has 1 fully saturated rings. The molecule has 23 heavy (non-hydrogen) atoms. The van der Waals surface area contributed by atoms with Gasteiger partial charge in [-0.15, -0.1) is 0 Å². The van der Waals surface area contributed by atoms with Crippen LogP contribution >= 0.6 is 0 Å². The van der Waals surface area contributed by atoms with Crippen molar-refractivity contribution in [3.63, 3.8) is 0 Å². The monoisotopic (exact) mass is 310 g/mol. The first kappa shape index (κ1) is 14.2. The van der Waals surface area contributed by atoms with Crippen LogP contribution in [-0.2, 0) is 4.74 Å². The third-order valence-corrected chi connectivity index (χ3v) is 4.85. The first-order chi connectivity index (χ1) is 11.1. The van der Waals surface area contributed by atoms with Gasteiger partial charge in [0.25, 0.3) is 5.69 Å². The van der Waals surface area contributed by atoms with Gasteiger partial charge < -0.3 is 10.1 Å². The summed E-state index contributed by atoms with van der Waals surface area (Å²) in [5.41, 5.74) is 4.75. The molecular weight excluding hydrogens is 292 g/mol. The number of rotatable bonds is 2. The second kappa shape index (κ2) is 5.35. The van der Waals surface area contributed by atoms with Crippen LogP contribution in [0.25, 0.3) is 0 Å². The van der Waals surface area contributed by atoms with Crippen molar-refractivity contribution in [1.82, 2.24) is 0 Å². The highest BCUT2D eigenvalue weighted by molar-refractivity contribution is 5.58. The molecule has 2 heterocycles. The molecular formula is C18H18N2O3. The third kappa shape index (κ3) is 2.37. The number of non-ortho nitro benzene ring substituents is 1. The average molecular weight is 310 g/mol. The van der Waals surface area contributed by atoms with E-state index in [0.29, 0.717) is 5.92 Å². The van der Waals surface area contributed by atoms with Crippen molar-refractivity contribution >= 4 is 11.4 Å². The second-order valence-electron chi connectivity index (χ2n) is 6.31. The van der Waals surface area contributed by atoms with Gasteiger partial charge in [-0.25, -0.2) is 0 Å². The maximum absolute atomic E-state index is 10.8. The maximum Gasteiger partial charge on any atom is 0.269 e. The predicted octanol–water partition coefficient (Wildman–Crippen LogP) is 4.15. The van der Waals surface area contributed by atoms with Gasteiger partial charge in [0.2, 0.25) is 0 Å². The summed E-state index contributed by atoms with van der Waals surface area (Å²) < 4.78 is 6.00. The molecule has 0 radical (unpaired) electrons. The van der Waals surface area contributed by atoms with Gasteiger partial charge in [-0.1, -0.05) is 29.8 Å². The standard InChI is InChI=1S/C18H18N2O3/c1-11-2-7-16-15(10-11)18-14(8-9-23-18)17(19-16)12-3-5-13(6-4-12)20(21)22/h2-7,10,14,17-19H,8-9H2,1H3/t14-,17+,18-/m0/s1. The molecule has 2 aliphatic heterocycles. The number of anilines is 1. The maximum atomic E-state index is 10.8. The lowest BCUT2D eigenvalue weighted by Gasteiger charge is -2.36. The molecule has 0 spiro atoms. The molecule has 0 unspecified atom stereocenters. The van der Waals surface area contributed by atoms with E-state index in [2.05, 4.69) is 30.4 Å². The Kier molecular flexibility index (Phi) is 3.31. The Morgan fingerprint density at radius 1 is 1.22 bits per heavy atom. The van der Waals surface area contributed by atoms with E-state index in [1.54, 1.807) is 12.1 Å². The SMILES string of the molecule is Cc1ccc2c(c1)[C@H]1OCC[C@H]1[C@@H](c1ccc([N+](=O)[O-])cc1)N2. The Hall–Kier alpha value is -2.40. The van der Waals surface area contributed by atoms with Crippen molar-refractivity contribution in [1.29, 1.82) is 0 Å². The number of nitro benzene ring substituents is 1. The van der Waals surface area contributed by atoms with Crippen molar-refractivity contribution in [3.05, 3.63) is 69.3 Å². The lowest BCUT2D eigenvalue weighted by molar-refractivity contribution is -0.384. The Balaban J connectivity index is 1.72. The van der Waals surface area contributed by atoms with Crippen LogP contribution in [0, 0.1) is 23.0 Å². The van der Waals surface area contributed by atoms with E-state index in [9.17, 15) is 10.1 Å². The molecule has 4 rings (SSSR count). The van der Waals surface area contributed by atoms with E-state index in [4.69, 9.17) is 4.74 Å². The molecule has 0 aromatic heterocycles. The van der Waals surface area contributed by atoms with E-state index < -0.39 is 0 Å². The molecule has 0 amide bonds. The number of benzene rings is 2. The lowest BCUT2D eigenvalue weighted by atomic mass is 9.80. The van der Waals surface area contributed by atoms with E-state index in [1.165, 1.54) is 11.1 Å². The molecule has 5 nitrogen and oxygen atoms in total. The fraction of sp³-hybridized carbons (Fsp3) is 0.333. The molecule has 0 bridgehead atoms. The predicted molar refractivity (Wildman–Crippen MR) is 87.4 cm³/mol. The Labute approximate surface area is 134 Å². The summed E-state index contributed by atoms with van der Waals surface area (Å²) in [5.74, 6) is 0.353. The Bertz CT molecular complexity index is 757. The fourth-order valence-electron chi connectivity index (χ4n) is 3.73. The molecule has 2 aliphatic rings. The van der Waals surface area contributed by atoms with Crippen LogP contribution in [0.5, 0.6) is 0 Å². The van der Waals surface area contributed by atoms with E-state index in [-0.39, 0.29) is 22.8 Å². The molecule has 3 atom stereocenters. The van der Waals surface area contributed by atoms with Gasteiger partial charge in [-0.3, -0.25) is 10.1 Å². The van der Waals surface area contributed by atoms with Gasteiger partial charge in [0, 0.05) is 35.9 Å². The van der Waals surface area contributed by atoms with Gasteiger partial charge in [0.1, 0.15) is 0 Å². The van der Waals surface area contributed by atoms with Crippen molar-refractivity contribution in [2.75, 3.05) is 11.9 Å². The van der Waals surface area contributed by atoms with Crippen LogP contribution in [0.3, 0.4) is 0 Å². The van der Waals surface area contributed by atoms with Crippen molar-refractivity contribution in [2.24, 2.45) is 5.92 Å². The van der Waals surface area contributed by atoms with E-state index >= 15 is 0 Å². The van der Waals surface area contributed by atoms with Crippen molar-refractivity contribution in [3.8, 4) is 0 Å². The van der Waals surface area contributed by atoms with Crippen LogP contribution < -0.4 is 5.32 Å². The molecule has 2 aromatic rings. The summed E-state index contributed by atoms with van der Waals surface area (Å²) in [6.45, 7) is 2.85. The fourth-order valence-corrected chi connectivity index (χ4v) is 3.73. The zero-order chi connectivity index (χ0) is 16.0. The van der Waals surface area contributed by atoms with Gasteiger partial charge in [0.15, 0.2) is 0 Å². The lowest BCUT2D eigenvalue weighted by Crippen LogP contribution is -2.29. The summed E-state index contributed by atoms with van der Waals surface area (Å²) >= 11 is 0. The first-order valence-corrected chi connectivity index (χ1v) is 7.86. The number of fused-ring (bicyclic) bond motifs is 3. The topological polar surface area (TPSA) is 64.4 Å². The first-order valence-electron chi connectivity index (χ1n) is 7.86. The van der Waals surface area contributed by atoms with Gasteiger partial charge >= 0.3 is 0 Å². The number of hydrogen-bond acceptors (Lipinski definition) is 4. The number of hydrogen-bond donors (Lipinski definition) is 1. The van der Waals surface area contributed by atoms with Crippen molar-refractivity contribution < 1.29 is 9.66 Å². The summed E-state index contributed by atoms with van der Waals surface area (Å²) in [6.07, 6.45) is 1.10. The van der Waals surface area contributed by atoms with Crippen LogP contribution in [0.1, 0.15) is 35.3 Å². The average Bonchev–Trinajstić information content (AvgIpc) is 3.04. The number of nitrogens with one attached hydrogen (secondary N) is 1. The minimum Gasteiger partial charge on any atom is -0.378 e. The number of nitro groups is 1. The molecule has 5 heteroatoms. The van der Waals surface area contributed by atoms with Crippen molar-refractivity contribution in [2.45, 2.75) is 25.5 Å². The smallest absolute Gasteiger partial charge is 0.269 e. The van der Waals surface area contributed by atoms with Crippen LogP contribution in [0.4, 0.5) is 11.4 Å². The molecule has 2 aromatic carbocycles. The highest BCUT2D eigenvalue weighted by Gasteiger charge is 2.41. The summed E-state index contributed by atoms with van der Waals surface area (Å²) in [7, 11) is 0. The molecule has 1 N–H and O–H groups in total. The highest BCUT2D eigenvalue weighted by atomic mass is 16.6. The van der Waals surface area contributed by atoms with Crippen LogP contribution in [0.2, 0.25) is 0 Å². The second-order valence-corrected chi connectivity index (χ2v) is 6.31. The highest BCUT2D eigenvalue weighted by Crippen LogP contribution is 2.50. The number of aryl methyl sites for hydroxylation is 1. The quantitative estimate of drug-likeness (QED) is 0.668. The Morgan fingerprint density at radius 2 is 2.00 bits per heavy atom. The molecule has 1 saturated heterocycles. The minimum absolute atomic E-state index is 0.103. The summed E-state index contributed by atoms with van der Waals surface area (Å²) in [5, 5.41) is 14.4. The van der Waals surface area contributed by atoms with E-state index in [1.807, 2.05) is 12.1 Å². The molecule has 118 valence electrons. The summed E-state index contributed by atoms with van der Waals surface area (Å²) in [6, 6.07) is 13.4. The third-order valence-electron chi connectivity index (χ3n) is 4.85. The summed E-state index contributed by atoms with van der Waals surface area (Å²) in [4.78, 5) is 10.5. The Morgan fingerprint density at radius 3 is 2.74 bits per heavy atom.